The number of aliphatic hydroxyl groups excluding tert-OH is 2. The molecule has 3 aliphatic rings. The van der Waals surface area contributed by atoms with Crippen molar-refractivity contribution in [3.8, 4) is 0 Å². The number of allylic oxidation sites excluding steroid dienone is 3. The minimum atomic E-state index is -1.19. The van der Waals surface area contributed by atoms with Crippen LogP contribution in [0.2, 0.25) is 0 Å². The fraction of sp³-hybridized carbons (Fsp3) is 0.407. The molecule has 3 atom stereocenters. The van der Waals surface area contributed by atoms with Crippen LogP contribution in [0.15, 0.2) is 46.1 Å². The quantitative estimate of drug-likeness (QED) is 0.152. The van der Waals surface area contributed by atoms with E-state index in [0.717, 1.165) is 6.54 Å². The maximum atomic E-state index is 13.6. The van der Waals surface area contributed by atoms with Crippen molar-refractivity contribution in [2.24, 2.45) is 28.7 Å². The summed E-state index contributed by atoms with van der Waals surface area (Å²) in [5, 5.41) is 24.3. The number of primary amides is 1. The number of amides is 1. The van der Waals surface area contributed by atoms with Gasteiger partial charge in [0.1, 0.15) is 22.8 Å². The maximum absolute atomic E-state index is 13.6. The van der Waals surface area contributed by atoms with E-state index in [0.29, 0.717) is 17.5 Å². The number of hydrogen-bond donors (Lipinski definition) is 3. The molecule has 11 nitrogen and oxygen atoms in total. The zero-order chi connectivity index (χ0) is 27.7. The summed E-state index contributed by atoms with van der Waals surface area (Å²) in [7, 11) is 3.83. The molecule has 1 aromatic carbocycles. The lowest BCUT2D eigenvalue weighted by molar-refractivity contribution is -0.137. The Morgan fingerprint density at radius 3 is 2.61 bits per heavy atom. The Bertz CT molecular complexity index is 1320. The van der Waals surface area contributed by atoms with E-state index >= 15 is 0 Å². The number of hydrogen-bond acceptors (Lipinski definition) is 10. The lowest BCUT2D eigenvalue weighted by Gasteiger charge is -2.41. The van der Waals surface area contributed by atoms with Crippen molar-refractivity contribution < 1.29 is 34.1 Å². The van der Waals surface area contributed by atoms with Gasteiger partial charge in [0.15, 0.2) is 11.6 Å². The highest BCUT2D eigenvalue weighted by Gasteiger charge is 2.50. The summed E-state index contributed by atoms with van der Waals surface area (Å²) in [6, 6.07) is 2.93. The van der Waals surface area contributed by atoms with Crippen molar-refractivity contribution in [2.45, 2.75) is 25.7 Å². The third-order valence-electron chi connectivity index (χ3n) is 7.30. The summed E-state index contributed by atoms with van der Waals surface area (Å²) in [5.41, 5.74) is 5.55. The van der Waals surface area contributed by atoms with E-state index in [1.807, 2.05) is 19.0 Å². The molecule has 0 radical (unpaired) electrons. The molecule has 0 fully saturated rings. The van der Waals surface area contributed by atoms with Gasteiger partial charge in [-0.1, -0.05) is 6.07 Å². The molecule has 4 rings (SSSR count). The van der Waals surface area contributed by atoms with Crippen molar-refractivity contribution >= 4 is 35.2 Å². The Morgan fingerprint density at radius 1 is 1.21 bits per heavy atom. The van der Waals surface area contributed by atoms with Crippen molar-refractivity contribution in [3.63, 3.8) is 0 Å². The Balaban J connectivity index is 1.67. The van der Waals surface area contributed by atoms with Gasteiger partial charge in [-0.2, -0.15) is 0 Å². The van der Waals surface area contributed by atoms with E-state index in [2.05, 4.69) is 5.18 Å². The molecule has 0 heterocycles. The molecule has 0 saturated heterocycles. The van der Waals surface area contributed by atoms with Gasteiger partial charge in [-0.05, 0) is 73.6 Å². The molecule has 3 aliphatic carbocycles. The number of benzene rings is 1. The van der Waals surface area contributed by atoms with Gasteiger partial charge in [-0.3, -0.25) is 14.4 Å². The van der Waals surface area contributed by atoms with Crippen LogP contribution in [0.5, 0.6) is 0 Å². The molecule has 0 aliphatic heterocycles. The average Bonchev–Trinajstić information content (AvgIpc) is 2.84. The van der Waals surface area contributed by atoms with Crippen molar-refractivity contribution in [2.75, 3.05) is 27.2 Å². The molecule has 1 unspecified atom stereocenters. The summed E-state index contributed by atoms with van der Waals surface area (Å²) in [6.07, 6.45) is 3.88. The third-order valence-corrected chi connectivity index (χ3v) is 7.30. The van der Waals surface area contributed by atoms with Crippen molar-refractivity contribution in [3.05, 3.63) is 62.5 Å². The molecule has 0 aromatic heterocycles. The Labute approximate surface area is 218 Å². The zero-order valence-corrected chi connectivity index (χ0v) is 21.1. The number of ether oxygens (including phenoxy) is 1. The second-order valence-corrected chi connectivity index (χ2v) is 10.0. The van der Waals surface area contributed by atoms with E-state index in [1.54, 1.807) is 6.07 Å². The molecule has 0 saturated carbocycles. The molecular formula is C27H29N3O8. The smallest absolute Gasteiger partial charge is 0.330 e. The van der Waals surface area contributed by atoms with Crippen LogP contribution in [0.3, 0.4) is 0 Å². The summed E-state index contributed by atoms with van der Waals surface area (Å²) < 4.78 is 5.21. The van der Waals surface area contributed by atoms with Gasteiger partial charge in [0.05, 0.1) is 18.1 Å². The van der Waals surface area contributed by atoms with Crippen LogP contribution in [0.25, 0.3) is 6.08 Å². The van der Waals surface area contributed by atoms with Gasteiger partial charge < -0.3 is 25.6 Å². The highest BCUT2D eigenvalue weighted by molar-refractivity contribution is 6.22. The first-order chi connectivity index (χ1) is 18.0. The van der Waals surface area contributed by atoms with Gasteiger partial charge >= 0.3 is 5.97 Å². The maximum Gasteiger partial charge on any atom is 0.330 e. The number of ketones is 2. The van der Waals surface area contributed by atoms with E-state index < -0.39 is 58.3 Å². The van der Waals surface area contributed by atoms with Gasteiger partial charge in [0.2, 0.25) is 0 Å². The molecule has 0 bridgehead atoms. The van der Waals surface area contributed by atoms with Crippen molar-refractivity contribution in [1.82, 2.24) is 4.90 Å². The Morgan fingerprint density at radius 2 is 1.95 bits per heavy atom. The predicted molar refractivity (Wildman–Crippen MR) is 136 cm³/mol. The molecule has 1 amide bonds. The molecule has 4 N–H and O–H groups in total. The van der Waals surface area contributed by atoms with Crippen LogP contribution >= 0.6 is 0 Å². The molecular weight excluding hydrogens is 494 g/mol. The summed E-state index contributed by atoms with van der Waals surface area (Å²) in [5.74, 6) is -6.28. The lowest BCUT2D eigenvalue weighted by Crippen LogP contribution is -2.43. The van der Waals surface area contributed by atoms with E-state index in [1.165, 1.54) is 18.2 Å². The number of nitrogens with two attached hydrogens (primary N) is 1. The molecule has 0 spiro atoms. The monoisotopic (exact) mass is 523 g/mol. The van der Waals surface area contributed by atoms with Gasteiger partial charge in [-0.15, -0.1) is 4.91 Å². The Hall–Kier alpha value is -4.12. The first-order valence-corrected chi connectivity index (χ1v) is 12.3. The number of nitroso groups, excluding NO2 is 1. The summed E-state index contributed by atoms with van der Waals surface area (Å²) in [4.78, 5) is 64.0. The zero-order valence-electron chi connectivity index (χ0n) is 21.1. The van der Waals surface area contributed by atoms with Crippen LogP contribution in [-0.4, -0.2) is 65.8 Å². The molecule has 38 heavy (non-hydrogen) atoms. The molecule has 11 heteroatoms. The number of Topliss-reactive ketones (excluding diaryl/α,β-unsaturated/α-hetero) is 2. The number of aliphatic hydroxyl groups is 2. The summed E-state index contributed by atoms with van der Waals surface area (Å²) in [6.45, 7) is 1.02. The number of carbonyl (C=O) groups is 4. The van der Waals surface area contributed by atoms with Crippen LogP contribution < -0.4 is 5.73 Å². The fourth-order valence-electron chi connectivity index (χ4n) is 5.66. The normalized spacial score (nSPS) is 22.9. The van der Waals surface area contributed by atoms with E-state index in [-0.39, 0.29) is 42.7 Å². The number of esters is 1. The van der Waals surface area contributed by atoms with Crippen molar-refractivity contribution in [1.29, 1.82) is 0 Å². The van der Waals surface area contributed by atoms with Crippen LogP contribution in [-0.2, 0) is 25.5 Å². The highest BCUT2D eigenvalue weighted by atomic mass is 16.5. The minimum absolute atomic E-state index is 0.00507. The molecule has 200 valence electrons. The van der Waals surface area contributed by atoms with Gasteiger partial charge in [0, 0.05) is 24.6 Å². The second kappa shape index (κ2) is 10.7. The van der Waals surface area contributed by atoms with Gasteiger partial charge in [0.25, 0.3) is 5.91 Å². The SMILES string of the molecule is CN(C)CCCOC(=O)/C=C/c1ccc(N=O)c2c1C[C@H]1C[C@H]3CC(O)=C(C(N)=O)C(=O)C3C(O)=C1C2=O. The second-order valence-electron chi connectivity index (χ2n) is 10.0. The lowest BCUT2D eigenvalue weighted by atomic mass is 9.62. The van der Waals surface area contributed by atoms with Crippen LogP contribution in [0.4, 0.5) is 5.69 Å². The average molecular weight is 524 g/mol. The first-order valence-electron chi connectivity index (χ1n) is 12.3. The topological polar surface area (TPSA) is 177 Å². The standard InChI is InChI=1S/C27H29N3O8/c1-30(2)8-3-9-38-19(32)7-5-13-4-6-17(29-37)22-16(13)11-14-10-15-12-18(31)23(27(28)36)26(35)21(15)24(33)20(14)25(22)34/h4-7,14-15,21,31,33H,3,8-12H2,1-2H3,(H2,28,36)/b7-5+/t14-,15+,21?/m1/s1. The molecule has 1 aromatic rings. The van der Waals surface area contributed by atoms with Gasteiger partial charge in [-0.25, -0.2) is 4.79 Å². The predicted octanol–water partition coefficient (Wildman–Crippen LogP) is 2.67. The minimum Gasteiger partial charge on any atom is -0.511 e. The van der Waals surface area contributed by atoms with E-state index in [9.17, 15) is 34.3 Å². The van der Waals surface area contributed by atoms with Crippen LogP contribution in [0.1, 0.15) is 40.7 Å². The fourth-order valence-corrected chi connectivity index (χ4v) is 5.66. The van der Waals surface area contributed by atoms with E-state index in [4.69, 9.17) is 10.5 Å². The third kappa shape index (κ3) is 4.89. The number of nitrogens with zero attached hydrogens (tertiary/aromatic N) is 2. The number of rotatable bonds is 8. The number of fused-ring (bicyclic) bond motifs is 3. The Kier molecular flexibility index (Phi) is 7.58. The first kappa shape index (κ1) is 26.9. The largest absolute Gasteiger partial charge is 0.511 e. The summed E-state index contributed by atoms with van der Waals surface area (Å²) >= 11 is 0. The highest BCUT2D eigenvalue weighted by Crippen LogP contribution is 2.49. The van der Waals surface area contributed by atoms with Crippen LogP contribution in [0, 0.1) is 22.7 Å². The number of carbonyl (C=O) groups excluding carboxylic acids is 4.